The minimum atomic E-state index is -0.317. The van der Waals surface area contributed by atoms with E-state index in [2.05, 4.69) is 6.07 Å². The topological polar surface area (TPSA) is 49.9 Å². The van der Waals surface area contributed by atoms with E-state index in [1.54, 1.807) is 28.4 Å². The lowest BCUT2D eigenvalue weighted by Crippen LogP contribution is -2.50. The number of hydrogen-bond acceptors (Lipinski definition) is 4. The largest absolute Gasteiger partial charge is 0.491 e. The SMILES string of the molecule is CC[C@H](C)N(CC(=O)N1CCc2sccc2[C@H]1COc1ccc(F)cc1)C(=O)CC(C)C. The molecule has 0 saturated heterocycles. The fourth-order valence-corrected chi connectivity index (χ4v) is 4.92. The molecule has 2 atom stereocenters. The van der Waals surface area contributed by atoms with Gasteiger partial charge in [-0.2, -0.15) is 0 Å². The number of nitrogens with zero attached hydrogens (tertiary/aromatic N) is 2. The van der Waals surface area contributed by atoms with Gasteiger partial charge in [-0.25, -0.2) is 4.39 Å². The average Bonchev–Trinajstić information content (AvgIpc) is 3.24. The van der Waals surface area contributed by atoms with Crippen LogP contribution < -0.4 is 4.74 Å². The summed E-state index contributed by atoms with van der Waals surface area (Å²) in [6.45, 7) is 9.00. The smallest absolute Gasteiger partial charge is 0.242 e. The molecule has 32 heavy (non-hydrogen) atoms. The summed E-state index contributed by atoms with van der Waals surface area (Å²) in [7, 11) is 0. The predicted molar refractivity (Wildman–Crippen MR) is 125 cm³/mol. The average molecular weight is 461 g/mol. The predicted octanol–water partition coefficient (Wildman–Crippen LogP) is 5.07. The van der Waals surface area contributed by atoms with Gasteiger partial charge in [0.25, 0.3) is 0 Å². The van der Waals surface area contributed by atoms with Gasteiger partial charge in [-0.15, -0.1) is 11.3 Å². The Bertz CT molecular complexity index is 912. The van der Waals surface area contributed by atoms with Crippen LogP contribution in [0.5, 0.6) is 5.75 Å². The van der Waals surface area contributed by atoms with E-state index in [4.69, 9.17) is 4.74 Å². The van der Waals surface area contributed by atoms with Crippen molar-refractivity contribution < 1.29 is 18.7 Å². The van der Waals surface area contributed by atoms with Crippen LogP contribution in [0.4, 0.5) is 4.39 Å². The lowest BCUT2D eigenvalue weighted by Gasteiger charge is -2.38. The maximum absolute atomic E-state index is 13.4. The summed E-state index contributed by atoms with van der Waals surface area (Å²) in [6.07, 6.45) is 2.03. The molecule has 0 saturated carbocycles. The van der Waals surface area contributed by atoms with Crippen molar-refractivity contribution in [2.24, 2.45) is 5.92 Å². The first kappa shape index (κ1) is 24.2. The second-order valence-corrected chi connectivity index (χ2v) is 9.79. The summed E-state index contributed by atoms with van der Waals surface area (Å²) in [4.78, 5) is 31.1. The first-order valence-corrected chi connectivity index (χ1v) is 12.2. The number of benzene rings is 1. The van der Waals surface area contributed by atoms with E-state index < -0.39 is 0 Å². The van der Waals surface area contributed by atoms with E-state index in [0.29, 0.717) is 18.7 Å². The van der Waals surface area contributed by atoms with Crippen molar-refractivity contribution in [2.75, 3.05) is 19.7 Å². The Kier molecular flexibility index (Phi) is 8.29. The zero-order valence-corrected chi connectivity index (χ0v) is 20.2. The maximum atomic E-state index is 13.4. The molecule has 2 heterocycles. The minimum Gasteiger partial charge on any atom is -0.491 e. The van der Waals surface area contributed by atoms with E-state index in [1.807, 2.05) is 38.0 Å². The number of rotatable bonds is 9. The van der Waals surface area contributed by atoms with E-state index in [9.17, 15) is 14.0 Å². The highest BCUT2D eigenvalue weighted by Crippen LogP contribution is 2.34. The van der Waals surface area contributed by atoms with Gasteiger partial charge >= 0.3 is 0 Å². The van der Waals surface area contributed by atoms with Crippen LogP contribution in [0.25, 0.3) is 0 Å². The lowest BCUT2D eigenvalue weighted by molar-refractivity contribution is -0.144. The van der Waals surface area contributed by atoms with Crippen LogP contribution in [0.1, 0.15) is 57.0 Å². The van der Waals surface area contributed by atoms with Crippen molar-refractivity contribution in [3.05, 3.63) is 52.0 Å². The number of carbonyl (C=O) groups is 2. The Morgan fingerprint density at radius 1 is 1.22 bits per heavy atom. The Balaban J connectivity index is 1.77. The quantitative estimate of drug-likeness (QED) is 0.525. The molecule has 0 bridgehead atoms. The summed E-state index contributed by atoms with van der Waals surface area (Å²) < 4.78 is 19.2. The summed E-state index contributed by atoms with van der Waals surface area (Å²) in [6, 6.07) is 7.72. The van der Waals surface area contributed by atoms with Crippen LogP contribution in [0, 0.1) is 11.7 Å². The monoisotopic (exact) mass is 460 g/mol. The summed E-state index contributed by atoms with van der Waals surface area (Å²) in [5.74, 6) is 0.448. The van der Waals surface area contributed by atoms with Gasteiger partial charge in [-0.3, -0.25) is 9.59 Å². The van der Waals surface area contributed by atoms with Gasteiger partial charge in [-0.05, 0) is 67.0 Å². The summed E-state index contributed by atoms with van der Waals surface area (Å²) in [5, 5.41) is 2.04. The van der Waals surface area contributed by atoms with Crippen LogP contribution in [-0.4, -0.2) is 47.4 Å². The highest BCUT2D eigenvalue weighted by Gasteiger charge is 2.34. The number of thiophene rings is 1. The van der Waals surface area contributed by atoms with Gasteiger partial charge in [-0.1, -0.05) is 20.8 Å². The fourth-order valence-electron chi connectivity index (χ4n) is 3.99. The second-order valence-electron chi connectivity index (χ2n) is 8.79. The Labute approximate surface area is 194 Å². The third kappa shape index (κ3) is 5.88. The number of hydrogen-bond donors (Lipinski definition) is 0. The molecule has 0 radical (unpaired) electrons. The number of ether oxygens (including phenoxy) is 1. The molecule has 3 rings (SSSR count). The van der Waals surface area contributed by atoms with Crippen LogP contribution >= 0.6 is 11.3 Å². The first-order chi connectivity index (χ1) is 15.3. The molecule has 174 valence electrons. The molecule has 0 fully saturated rings. The molecule has 0 unspecified atom stereocenters. The molecular formula is C25H33FN2O3S. The van der Waals surface area contributed by atoms with Crippen molar-refractivity contribution in [1.29, 1.82) is 0 Å². The summed E-state index contributed by atoms with van der Waals surface area (Å²) in [5.41, 5.74) is 1.10. The summed E-state index contributed by atoms with van der Waals surface area (Å²) >= 11 is 1.69. The number of amides is 2. The van der Waals surface area contributed by atoms with Gasteiger partial charge in [0.2, 0.25) is 11.8 Å². The molecule has 1 aliphatic heterocycles. The molecule has 7 heteroatoms. The highest BCUT2D eigenvalue weighted by atomic mass is 32.1. The first-order valence-electron chi connectivity index (χ1n) is 11.3. The third-order valence-electron chi connectivity index (χ3n) is 5.97. The standard InChI is InChI=1S/C25H33FN2O3S/c1-5-18(4)28(24(29)14-17(2)3)15-25(30)27-12-10-23-21(11-13-32-23)22(27)16-31-20-8-6-19(26)7-9-20/h6-9,11,13,17-18,22H,5,10,12,14-16H2,1-4H3/t18-,22+/m0/s1. The van der Waals surface area contributed by atoms with Gasteiger partial charge in [0.05, 0.1) is 6.04 Å². The molecule has 5 nitrogen and oxygen atoms in total. The zero-order chi connectivity index (χ0) is 23.3. The Hall–Kier alpha value is -2.41. The van der Waals surface area contributed by atoms with Gasteiger partial charge in [0.15, 0.2) is 0 Å². The van der Waals surface area contributed by atoms with E-state index >= 15 is 0 Å². The van der Waals surface area contributed by atoms with Crippen molar-refractivity contribution in [2.45, 2.75) is 59.0 Å². The van der Waals surface area contributed by atoms with Crippen LogP contribution in [0.3, 0.4) is 0 Å². The minimum absolute atomic E-state index is 0.000569. The number of fused-ring (bicyclic) bond motifs is 1. The van der Waals surface area contributed by atoms with Gasteiger partial charge < -0.3 is 14.5 Å². The van der Waals surface area contributed by atoms with E-state index in [1.165, 1.54) is 17.0 Å². The lowest BCUT2D eigenvalue weighted by atomic mass is 10.00. The molecule has 0 N–H and O–H groups in total. The maximum Gasteiger partial charge on any atom is 0.242 e. The number of halogens is 1. The van der Waals surface area contributed by atoms with Crippen LogP contribution in [0.2, 0.25) is 0 Å². The molecule has 1 aromatic carbocycles. The van der Waals surface area contributed by atoms with Crippen molar-refractivity contribution in [3.8, 4) is 5.75 Å². The molecule has 2 amide bonds. The normalized spacial score (nSPS) is 16.6. The molecule has 1 aliphatic rings. The molecule has 0 spiro atoms. The van der Waals surface area contributed by atoms with Crippen LogP contribution in [-0.2, 0) is 16.0 Å². The Morgan fingerprint density at radius 3 is 2.59 bits per heavy atom. The Morgan fingerprint density at radius 2 is 1.94 bits per heavy atom. The van der Waals surface area contributed by atoms with E-state index in [0.717, 1.165) is 18.4 Å². The molecular weight excluding hydrogens is 427 g/mol. The molecule has 2 aromatic rings. The fraction of sp³-hybridized carbons (Fsp3) is 0.520. The highest BCUT2D eigenvalue weighted by molar-refractivity contribution is 7.10. The third-order valence-corrected chi connectivity index (χ3v) is 6.96. The van der Waals surface area contributed by atoms with E-state index in [-0.39, 0.29) is 48.8 Å². The molecule has 0 aliphatic carbocycles. The number of carbonyl (C=O) groups excluding carboxylic acids is 2. The van der Waals surface area contributed by atoms with Crippen molar-refractivity contribution in [3.63, 3.8) is 0 Å². The van der Waals surface area contributed by atoms with Crippen LogP contribution in [0.15, 0.2) is 35.7 Å². The zero-order valence-electron chi connectivity index (χ0n) is 19.3. The molecule has 1 aromatic heterocycles. The van der Waals surface area contributed by atoms with Gasteiger partial charge in [0, 0.05) is 23.9 Å². The van der Waals surface area contributed by atoms with Crippen molar-refractivity contribution >= 4 is 23.2 Å². The van der Waals surface area contributed by atoms with Gasteiger partial charge in [0.1, 0.15) is 24.7 Å². The second kappa shape index (κ2) is 10.9. The van der Waals surface area contributed by atoms with Crippen molar-refractivity contribution in [1.82, 2.24) is 9.80 Å².